The van der Waals surface area contributed by atoms with Crippen molar-refractivity contribution >= 4 is 38.8 Å². The van der Waals surface area contributed by atoms with Crippen LogP contribution >= 0.6 is 27.3 Å². The fraction of sp³-hybridized carbons (Fsp3) is 0.308. The normalized spacial score (nSPS) is 13.2. The highest BCUT2D eigenvalue weighted by molar-refractivity contribution is 9.10. The third-order valence-corrected chi connectivity index (χ3v) is 5.11. The molecule has 2 aromatic rings. The van der Waals surface area contributed by atoms with Gasteiger partial charge in [-0.1, -0.05) is 0 Å². The number of aromatic nitrogens is 1. The van der Waals surface area contributed by atoms with E-state index in [2.05, 4.69) is 32.3 Å². The Balaban J connectivity index is 1.70. The lowest BCUT2D eigenvalue weighted by atomic mass is 10.2. The van der Waals surface area contributed by atoms with Gasteiger partial charge in [-0.15, -0.1) is 11.3 Å². The summed E-state index contributed by atoms with van der Waals surface area (Å²) in [6.07, 6.45) is 4.91. The maximum atomic E-state index is 10.6. The SMILES string of the molecule is O=[N+]([O-])c1cnc(NCc2cc3c(s2)CCC3)c(Br)c1. The Hall–Kier alpha value is -1.47. The lowest BCUT2D eigenvalue weighted by molar-refractivity contribution is -0.385. The van der Waals surface area contributed by atoms with Crippen LogP contribution in [-0.4, -0.2) is 9.91 Å². The topological polar surface area (TPSA) is 68.1 Å². The number of thiophene rings is 1. The predicted molar refractivity (Wildman–Crippen MR) is 82.3 cm³/mol. The number of nitro groups is 1. The molecule has 0 aliphatic heterocycles. The van der Waals surface area contributed by atoms with E-state index in [0.29, 0.717) is 16.8 Å². The van der Waals surface area contributed by atoms with Gasteiger partial charge in [0, 0.05) is 15.8 Å². The van der Waals surface area contributed by atoms with E-state index in [9.17, 15) is 10.1 Å². The van der Waals surface area contributed by atoms with Gasteiger partial charge in [0.15, 0.2) is 0 Å². The highest BCUT2D eigenvalue weighted by Gasteiger charge is 2.15. The summed E-state index contributed by atoms with van der Waals surface area (Å²) in [5, 5.41) is 13.9. The molecule has 0 radical (unpaired) electrons. The second-order valence-electron chi connectivity index (χ2n) is 4.65. The molecule has 5 nitrogen and oxygen atoms in total. The number of rotatable bonds is 4. The molecule has 0 bridgehead atoms. The highest BCUT2D eigenvalue weighted by atomic mass is 79.9. The summed E-state index contributed by atoms with van der Waals surface area (Å²) in [6, 6.07) is 3.71. The third kappa shape index (κ3) is 2.69. The van der Waals surface area contributed by atoms with Gasteiger partial charge in [-0.2, -0.15) is 0 Å². The van der Waals surface area contributed by atoms with Gasteiger partial charge in [-0.3, -0.25) is 10.1 Å². The van der Waals surface area contributed by atoms with Crippen molar-refractivity contribution in [3.63, 3.8) is 0 Å². The number of fused-ring (bicyclic) bond motifs is 1. The van der Waals surface area contributed by atoms with Gasteiger partial charge in [-0.05, 0) is 46.8 Å². The molecule has 1 aliphatic carbocycles. The van der Waals surface area contributed by atoms with Gasteiger partial charge < -0.3 is 5.32 Å². The van der Waals surface area contributed by atoms with Crippen molar-refractivity contribution in [3.8, 4) is 0 Å². The quantitative estimate of drug-likeness (QED) is 0.668. The third-order valence-electron chi connectivity index (χ3n) is 3.27. The zero-order chi connectivity index (χ0) is 14.1. The van der Waals surface area contributed by atoms with Crippen molar-refractivity contribution in [3.05, 3.63) is 48.2 Å². The molecule has 2 heterocycles. The van der Waals surface area contributed by atoms with Gasteiger partial charge in [0.25, 0.3) is 5.69 Å². The molecular weight excluding hydrogens is 342 g/mol. The van der Waals surface area contributed by atoms with Crippen molar-refractivity contribution in [2.45, 2.75) is 25.8 Å². The summed E-state index contributed by atoms with van der Waals surface area (Å²) in [4.78, 5) is 17.1. The first-order valence-electron chi connectivity index (χ1n) is 6.28. The zero-order valence-corrected chi connectivity index (χ0v) is 13.0. The standard InChI is InChI=1S/C13H12BrN3O2S/c14-11-5-9(17(18)19)6-15-13(11)16-7-10-4-8-2-1-3-12(8)20-10/h4-6H,1-3,7H2,(H,15,16). The van der Waals surface area contributed by atoms with E-state index in [1.54, 1.807) is 0 Å². The number of halogens is 1. The Bertz CT molecular complexity index is 650. The molecule has 1 aliphatic rings. The molecular formula is C13H12BrN3O2S. The van der Waals surface area contributed by atoms with E-state index < -0.39 is 4.92 Å². The van der Waals surface area contributed by atoms with Crippen LogP contribution in [-0.2, 0) is 19.4 Å². The summed E-state index contributed by atoms with van der Waals surface area (Å²) in [5.74, 6) is 0.629. The number of pyridine rings is 1. The number of anilines is 1. The Morgan fingerprint density at radius 3 is 3.00 bits per heavy atom. The molecule has 1 N–H and O–H groups in total. The molecule has 0 fully saturated rings. The lowest BCUT2D eigenvalue weighted by Crippen LogP contribution is -2.01. The minimum atomic E-state index is -0.453. The highest BCUT2D eigenvalue weighted by Crippen LogP contribution is 2.31. The molecule has 0 aromatic carbocycles. The zero-order valence-electron chi connectivity index (χ0n) is 10.6. The van der Waals surface area contributed by atoms with E-state index in [1.165, 1.54) is 46.8 Å². The van der Waals surface area contributed by atoms with Gasteiger partial charge in [0.1, 0.15) is 12.0 Å². The average Bonchev–Trinajstić information content (AvgIpc) is 2.97. The molecule has 2 aromatic heterocycles. The van der Waals surface area contributed by atoms with Crippen molar-refractivity contribution in [1.82, 2.24) is 4.98 Å². The summed E-state index contributed by atoms with van der Waals surface area (Å²) < 4.78 is 0.607. The van der Waals surface area contributed by atoms with E-state index in [0.717, 1.165) is 0 Å². The minimum Gasteiger partial charge on any atom is -0.364 e. The van der Waals surface area contributed by atoms with Crippen molar-refractivity contribution in [2.75, 3.05) is 5.32 Å². The van der Waals surface area contributed by atoms with Gasteiger partial charge in [0.2, 0.25) is 0 Å². The van der Waals surface area contributed by atoms with Gasteiger partial charge in [0.05, 0.1) is 15.9 Å². The maximum absolute atomic E-state index is 10.6. The number of nitrogens with zero attached hydrogens (tertiary/aromatic N) is 2. The smallest absolute Gasteiger partial charge is 0.288 e. The maximum Gasteiger partial charge on any atom is 0.288 e. The molecule has 0 amide bonds. The fourth-order valence-electron chi connectivity index (χ4n) is 2.31. The Morgan fingerprint density at radius 1 is 1.45 bits per heavy atom. The van der Waals surface area contributed by atoms with E-state index in [-0.39, 0.29) is 5.69 Å². The van der Waals surface area contributed by atoms with Crippen LogP contribution in [0.15, 0.2) is 22.8 Å². The first-order chi connectivity index (χ1) is 9.63. The van der Waals surface area contributed by atoms with Crippen LogP contribution in [0.4, 0.5) is 11.5 Å². The summed E-state index contributed by atoms with van der Waals surface area (Å²) in [6.45, 7) is 0.696. The monoisotopic (exact) mass is 353 g/mol. The molecule has 7 heteroatoms. The van der Waals surface area contributed by atoms with Crippen molar-refractivity contribution in [2.24, 2.45) is 0 Å². The molecule has 3 rings (SSSR count). The van der Waals surface area contributed by atoms with Crippen LogP contribution in [0.1, 0.15) is 21.7 Å². The van der Waals surface area contributed by atoms with Crippen LogP contribution in [0.5, 0.6) is 0 Å². The van der Waals surface area contributed by atoms with Crippen LogP contribution in [0.2, 0.25) is 0 Å². The van der Waals surface area contributed by atoms with Crippen LogP contribution in [0, 0.1) is 10.1 Å². The van der Waals surface area contributed by atoms with Crippen LogP contribution in [0.3, 0.4) is 0 Å². The summed E-state index contributed by atoms with van der Waals surface area (Å²) in [5.41, 5.74) is 1.46. The Labute approximate surface area is 128 Å². The molecule has 0 atom stereocenters. The summed E-state index contributed by atoms with van der Waals surface area (Å²) in [7, 11) is 0. The van der Waals surface area contributed by atoms with Crippen molar-refractivity contribution in [1.29, 1.82) is 0 Å². The van der Waals surface area contributed by atoms with E-state index in [1.807, 2.05) is 11.3 Å². The fourth-order valence-corrected chi connectivity index (χ4v) is 3.98. The second kappa shape index (κ2) is 5.49. The Kier molecular flexibility index (Phi) is 3.71. The number of hydrogen-bond donors (Lipinski definition) is 1. The van der Waals surface area contributed by atoms with Crippen molar-refractivity contribution < 1.29 is 4.92 Å². The largest absolute Gasteiger partial charge is 0.364 e. The van der Waals surface area contributed by atoms with E-state index >= 15 is 0 Å². The summed E-state index contributed by atoms with van der Waals surface area (Å²) >= 11 is 5.15. The second-order valence-corrected chi connectivity index (χ2v) is 6.72. The molecule has 104 valence electrons. The predicted octanol–water partition coefficient (Wildman–Crippen LogP) is 3.91. The number of hydrogen-bond acceptors (Lipinski definition) is 5. The lowest BCUT2D eigenvalue weighted by Gasteiger charge is -2.05. The first-order valence-corrected chi connectivity index (χ1v) is 7.88. The van der Waals surface area contributed by atoms with Gasteiger partial charge >= 0.3 is 0 Å². The van der Waals surface area contributed by atoms with Crippen LogP contribution in [0.25, 0.3) is 0 Å². The Morgan fingerprint density at radius 2 is 2.30 bits per heavy atom. The molecule has 0 unspecified atom stereocenters. The van der Waals surface area contributed by atoms with E-state index in [4.69, 9.17) is 0 Å². The molecule has 0 saturated carbocycles. The first kappa shape index (κ1) is 13.5. The average molecular weight is 354 g/mol. The number of aryl methyl sites for hydroxylation is 2. The van der Waals surface area contributed by atoms with Gasteiger partial charge in [-0.25, -0.2) is 4.98 Å². The minimum absolute atomic E-state index is 0.0162. The molecule has 0 saturated heterocycles. The molecule has 0 spiro atoms. The number of nitrogens with one attached hydrogen (secondary N) is 1. The van der Waals surface area contributed by atoms with Crippen LogP contribution < -0.4 is 5.32 Å². The molecule has 20 heavy (non-hydrogen) atoms.